The van der Waals surface area contributed by atoms with Crippen LogP contribution in [0.5, 0.6) is 0 Å². The van der Waals surface area contributed by atoms with Crippen molar-refractivity contribution >= 4 is 17.9 Å². The van der Waals surface area contributed by atoms with Crippen LogP contribution in [0.2, 0.25) is 0 Å². The Hall–Kier alpha value is -4.17. The summed E-state index contributed by atoms with van der Waals surface area (Å²) < 4.78 is 1.74. The van der Waals surface area contributed by atoms with Gasteiger partial charge in [0.05, 0.1) is 11.4 Å². The number of nitrogens with zero attached hydrogens (tertiary/aromatic N) is 2. The van der Waals surface area contributed by atoms with Crippen molar-refractivity contribution in [2.75, 3.05) is 0 Å². The molecule has 0 spiro atoms. The van der Waals surface area contributed by atoms with E-state index in [1.165, 1.54) is 12.2 Å². The lowest BCUT2D eigenvalue weighted by atomic mass is 9.88. The molecule has 8 heteroatoms. The quantitative estimate of drug-likeness (QED) is 0.521. The Bertz CT molecular complexity index is 1220. The van der Waals surface area contributed by atoms with Gasteiger partial charge >= 0.3 is 0 Å². The van der Waals surface area contributed by atoms with Gasteiger partial charge in [-0.2, -0.15) is 5.10 Å². The number of carbonyl (C=O) groups is 2. The van der Waals surface area contributed by atoms with E-state index in [1.807, 2.05) is 67.6 Å². The molecule has 1 aliphatic heterocycles. The van der Waals surface area contributed by atoms with E-state index < -0.39 is 17.4 Å². The summed E-state index contributed by atoms with van der Waals surface area (Å²) in [4.78, 5) is 30.4. The average Bonchev–Trinajstić information content (AvgIpc) is 3.34. The van der Waals surface area contributed by atoms with Gasteiger partial charge in [0.1, 0.15) is 0 Å². The number of benzene rings is 2. The molecule has 4 rings (SSSR count). The maximum absolute atomic E-state index is 12.6. The topological polar surface area (TPSA) is 111 Å². The molecule has 3 aromatic rings. The zero-order valence-corrected chi connectivity index (χ0v) is 17.7. The third-order valence-electron chi connectivity index (χ3n) is 5.22. The minimum Gasteiger partial charge on any atom is -0.389 e. The van der Waals surface area contributed by atoms with E-state index in [-0.39, 0.29) is 5.88 Å². The van der Waals surface area contributed by atoms with Crippen molar-refractivity contribution in [3.05, 3.63) is 101 Å². The fourth-order valence-corrected chi connectivity index (χ4v) is 3.75. The second-order valence-corrected chi connectivity index (χ2v) is 7.41. The van der Waals surface area contributed by atoms with E-state index in [4.69, 9.17) is 10.6 Å². The number of hydrogen-bond donors (Lipinski definition) is 3. The molecule has 2 aromatic carbocycles. The second-order valence-electron chi connectivity index (χ2n) is 7.41. The van der Waals surface area contributed by atoms with Crippen LogP contribution < -0.4 is 16.5 Å². The molecule has 162 valence electrons. The fourth-order valence-electron chi connectivity index (χ4n) is 3.75. The summed E-state index contributed by atoms with van der Waals surface area (Å²) in [7, 11) is 0. The molecule has 0 saturated heterocycles. The smallest absolute Gasteiger partial charge is 0.250 e. The molecule has 8 nitrogen and oxygen atoms in total. The molecule has 1 unspecified atom stereocenters. The highest BCUT2D eigenvalue weighted by atomic mass is 16.7. The Morgan fingerprint density at radius 2 is 1.75 bits per heavy atom. The highest BCUT2D eigenvalue weighted by Gasteiger charge is 2.46. The molecular formula is C24H23N5O3. The van der Waals surface area contributed by atoms with Crippen LogP contribution in [0.15, 0.2) is 78.7 Å². The lowest BCUT2D eigenvalue weighted by Crippen LogP contribution is -2.48. The molecule has 1 aromatic heterocycles. The van der Waals surface area contributed by atoms with Gasteiger partial charge in [-0.25, -0.2) is 4.68 Å². The van der Waals surface area contributed by atoms with Crippen molar-refractivity contribution in [3.63, 3.8) is 0 Å². The van der Waals surface area contributed by atoms with E-state index >= 15 is 0 Å². The number of aryl methyl sites for hydroxylation is 1. The first-order chi connectivity index (χ1) is 15.4. The summed E-state index contributed by atoms with van der Waals surface area (Å²) in [6, 6.07) is 19.0. The Morgan fingerprint density at radius 3 is 2.41 bits per heavy atom. The van der Waals surface area contributed by atoms with Crippen molar-refractivity contribution < 1.29 is 14.4 Å². The Kier molecular flexibility index (Phi) is 5.61. The molecule has 1 atom stereocenters. The van der Waals surface area contributed by atoms with Gasteiger partial charge in [-0.3, -0.25) is 14.9 Å². The van der Waals surface area contributed by atoms with Crippen LogP contribution in [-0.2, 0) is 20.0 Å². The maximum atomic E-state index is 12.6. The summed E-state index contributed by atoms with van der Waals surface area (Å²) in [5.41, 5.74) is 10.6. The van der Waals surface area contributed by atoms with Gasteiger partial charge in [0.2, 0.25) is 11.8 Å². The zero-order chi connectivity index (χ0) is 22.7. The molecular weight excluding hydrogens is 406 g/mol. The van der Waals surface area contributed by atoms with E-state index in [1.54, 1.807) is 17.7 Å². The molecule has 0 radical (unpaired) electrons. The van der Waals surface area contributed by atoms with Crippen molar-refractivity contribution in [1.29, 1.82) is 0 Å². The van der Waals surface area contributed by atoms with Crippen LogP contribution >= 0.6 is 0 Å². The first-order valence-electron chi connectivity index (χ1n) is 10.0. The van der Waals surface area contributed by atoms with Gasteiger partial charge in [0.25, 0.3) is 5.91 Å². The minimum absolute atomic E-state index is 0.0813. The van der Waals surface area contributed by atoms with Crippen molar-refractivity contribution in [3.8, 4) is 5.69 Å². The summed E-state index contributed by atoms with van der Waals surface area (Å²) in [5, 5.41) is 7.21. The predicted octanol–water partition coefficient (Wildman–Crippen LogP) is 2.38. The van der Waals surface area contributed by atoms with Gasteiger partial charge in [0, 0.05) is 23.4 Å². The zero-order valence-electron chi connectivity index (χ0n) is 17.7. The average molecular weight is 429 g/mol. The van der Waals surface area contributed by atoms with E-state index in [0.29, 0.717) is 11.3 Å². The molecule has 0 fully saturated rings. The van der Waals surface area contributed by atoms with Gasteiger partial charge in [0.15, 0.2) is 5.54 Å². The first-order valence-corrected chi connectivity index (χ1v) is 10.0. The number of para-hydroxylation sites is 1. The standard InChI is InChI=1S/C24H23N5O3/c1-16-22(17(2)29(27-16)19-11-7-4-8-12-19)24(23(25)31)15-21(32-28-24)26-20(30)14-13-18-9-5-3-6-10-18/h3-15,28H,1-2H3,(H2,25,31)(H,26,30)/b14-13+. The third kappa shape index (κ3) is 3.91. The summed E-state index contributed by atoms with van der Waals surface area (Å²) in [6.07, 6.45) is 4.53. The van der Waals surface area contributed by atoms with Crippen molar-refractivity contribution in [1.82, 2.24) is 20.6 Å². The van der Waals surface area contributed by atoms with Crippen molar-refractivity contribution in [2.24, 2.45) is 5.73 Å². The fraction of sp³-hybridized carbons (Fsp3) is 0.125. The number of hydroxylamine groups is 1. The maximum Gasteiger partial charge on any atom is 0.250 e. The largest absolute Gasteiger partial charge is 0.389 e. The van der Waals surface area contributed by atoms with Crippen LogP contribution in [0.1, 0.15) is 22.5 Å². The Labute approximate surface area is 185 Å². The monoisotopic (exact) mass is 429 g/mol. The second kappa shape index (κ2) is 8.52. The summed E-state index contributed by atoms with van der Waals surface area (Å²) >= 11 is 0. The molecule has 0 bridgehead atoms. The van der Waals surface area contributed by atoms with E-state index in [0.717, 1.165) is 16.9 Å². The lowest BCUT2D eigenvalue weighted by molar-refractivity contribution is -0.126. The number of amides is 2. The van der Waals surface area contributed by atoms with Crippen LogP contribution in [0, 0.1) is 13.8 Å². The Morgan fingerprint density at radius 1 is 1.09 bits per heavy atom. The number of carbonyl (C=O) groups excluding carboxylic acids is 2. The summed E-state index contributed by atoms with van der Waals surface area (Å²) in [5.74, 6) is -1.01. The first kappa shape index (κ1) is 21.1. The van der Waals surface area contributed by atoms with Gasteiger partial charge in [-0.15, -0.1) is 5.48 Å². The van der Waals surface area contributed by atoms with Gasteiger partial charge < -0.3 is 10.6 Å². The molecule has 0 saturated carbocycles. The molecule has 0 aliphatic carbocycles. The number of aromatic nitrogens is 2. The molecule has 4 N–H and O–H groups in total. The van der Waals surface area contributed by atoms with Crippen LogP contribution in [0.25, 0.3) is 11.8 Å². The number of rotatable bonds is 6. The summed E-state index contributed by atoms with van der Waals surface area (Å²) in [6.45, 7) is 3.64. The Balaban J connectivity index is 1.63. The van der Waals surface area contributed by atoms with E-state index in [2.05, 4.69) is 15.9 Å². The van der Waals surface area contributed by atoms with Crippen molar-refractivity contribution in [2.45, 2.75) is 19.4 Å². The highest BCUT2D eigenvalue weighted by molar-refractivity contribution is 5.93. The van der Waals surface area contributed by atoms with Crippen LogP contribution in [0.4, 0.5) is 0 Å². The molecule has 32 heavy (non-hydrogen) atoms. The number of primary amides is 1. The molecule has 1 aliphatic rings. The number of nitrogens with one attached hydrogen (secondary N) is 2. The van der Waals surface area contributed by atoms with Crippen LogP contribution in [-0.4, -0.2) is 21.6 Å². The third-order valence-corrected chi connectivity index (χ3v) is 5.22. The molecule has 2 heterocycles. The number of hydrogen-bond acceptors (Lipinski definition) is 5. The molecule has 2 amide bonds. The van der Waals surface area contributed by atoms with Crippen LogP contribution in [0.3, 0.4) is 0 Å². The minimum atomic E-state index is -1.48. The highest BCUT2D eigenvalue weighted by Crippen LogP contribution is 2.34. The SMILES string of the molecule is Cc1nn(-c2ccccc2)c(C)c1C1(C(N)=O)C=C(NC(=O)/C=C/c2ccccc2)ON1. The van der Waals surface area contributed by atoms with E-state index in [9.17, 15) is 9.59 Å². The lowest BCUT2D eigenvalue weighted by Gasteiger charge is -2.22. The predicted molar refractivity (Wildman–Crippen MR) is 120 cm³/mol. The number of nitrogens with two attached hydrogens (primary N) is 1. The van der Waals surface area contributed by atoms with Gasteiger partial charge in [-0.1, -0.05) is 48.5 Å². The van der Waals surface area contributed by atoms with Gasteiger partial charge in [-0.05, 0) is 37.6 Å². The normalized spacial score (nSPS) is 17.8.